The van der Waals surface area contributed by atoms with E-state index in [2.05, 4.69) is 43.0 Å². The van der Waals surface area contributed by atoms with Crippen LogP contribution in [0, 0.1) is 0 Å². The van der Waals surface area contributed by atoms with Crippen LogP contribution in [0.2, 0.25) is 0 Å². The SMILES string of the molecule is COc1ccccc1C(CNc1ccc2nnnn2n1)N1CCCC1. The summed E-state index contributed by atoms with van der Waals surface area (Å²) >= 11 is 0. The van der Waals surface area contributed by atoms with Gasteiger partial charge in [-0.3, -0.25) is 4.90 Å². The predicted molar refractivity (Wildman–Crippen MR) is 93.6 cm³/mol. The number of para-hydroxylation sites is 1. The Bertz CT molecular complexity index is 844. The molecule has 0 aliphatic carbocycles. The number of nitrogens with zero attached hydrogens (tertiary/aromatic N) is 6. The Morgan fingerprint density at radius 1 is 1.16 bits per heavy atom. The fraction of sp³-hybridized carbons (Fsp3) is 0.412. The first-order chi connectivity index (χ1) is 12.3. The lowest BCUT2D eigenvalue weighted by atomic mass is 10.0. The lowest BCUT2D eigenvalue weighted by Gasteiger charge is -2.29. The second kappa shape index (κ2) is 7.02. The predicted octanol–water partition coefficient (Wildman–Crippen LogP) is 1.78. The molecule has 1 aliphatic heterocycles. The number of benzene rings is 1. The maximum atomic E-state index is 5.58. The van der Waals surface area contributed by atoms with E-state index in [1.54, 1.807) is 7.11 Å². The quantitative estimate of drug-likeness (QED) is 0.733. The second-order valence-corrected chi connectivity index (χ2v) is 6.13. The average Bonchev–Trinajstić information content (AvgIpc) is 3.33. The van der Waals surface area contributed by atoms with Crippen molar-refractivity contribution < 1.29 is 4.74 Å². The lowest BCUT2D eigenvalue weighted by Crippen LogP contribution is -2.31. The highest BCUT2D eigenvalue weighted by Gasteiger charge is 2.25. The van der Waals surface area contributed by atoms with Crippen LogP contribution in [0.25, 0.3) is 5.65 Å². The first-order valence-electron chi connectivity index (χ1n) is 8.51. The Balaban J connectivity index is 1.57. The Labute approximate surface area is 145 Å². The molecule has 4 rings (SSSR count). The first-order valence-corrected chi connectivity index (χ1v) is 8.51. The molecule has 2 aromatic heterocycles. The number of fused-ring (bicyclic) bond motifs is 1. The third-order valence-electron chi connectivity index (χ3n) is 4.63. The number of hydrogen-bond acceptors (Lipinski definition) is 7. The van der Waals surface area contributed by atoms with Crippen LogP contribution >= 0.6 is 0 Å². The number of tetrazole rings is 1. The van der Waals surface area contributed by atoms with Gasteiger partial charge in [0.2, 0.25) is 0 Å². The molecule has 0 amide bonds. The number of likely N-dealkylation sites (tertiary alicyclic amines) is 1. The van der Waals surface area contributed by atoms with Crippen LogP contribution in [0.3, 0.4) is 0 Å². The van der Waals surface area contributed by atoms with Crippen LogP contribution in [0.4, 0.5) is 5.82 Å². The molecule has 8 nitrogen and oxygen atoms in total. The van der Waals surface area contributed by atoms with Gasteiger partial charge in [0.1, 0.15) is 11.6 Å². The summed E-state index contributed by atoms with van der Waals surface area (Å²) < 4.78 is 7.01. The van der Waals surface area contributed by atoms with Gasteiger partial charge in [0.15, 0.2) is 5.65 Å². The number of hydrogen-bond donors (Lipinski definition) is 1. The number of nitrogens with one attached hydrogen (secondary N) is 1. The molecular weight excluding hydrogens is 318 g/mol. The van der Waals surface area contributed by atoms with Crippen LogP contribution < -0.4 is 10.1 Å². The first kappa shape index (κ1) is 15.8. The molecule has 1 atom stereocenters. The van der Waals surface area contributed by atoms with Gasteiger partial charge in [-0.15, -0.1) is 14.8 Å². The van der Waals surface area contributed by atoms with Crippen LogP contribution in [0.1, 0.15) is 24.4 Å². The monoisotopic (exact) mass is 339 g/mol. The van der Waals surface area contributed by atoms with Crippen LogP contribution in [0.5, 0.6) is 5.75 Å². The highest BCUT2D eigenvalue weighted by atomic mass is 16.5. The number of anilines is 1. The van der Waals surface area contributed by atoms with E-state index in [-0.39, 0.29) is 6.04 Å². The minimum Gasteiger partial charge on any atom is -0.496 e. The maximum absolute atomic E-state index is 5.58. The number of rotatable bonds is 6. The smallest absolute Gasteiger partial charge is 0.200 e. The molecular formula is C17H21N7O. The molecule has 0 spiro atoms. The van der Waals surface area contributed by atoms with E-state index in [0.717, 1.165) is 31.2 Å². The number of methoxy groups -OCH3 is 1. The van der Waals surface area contributed by atoms with Crippen LogP contribution in [0.15, 0.2) is 36.4 Å². The Hall–Kier alpha value is -2.74. The zero-order valence-electron chi connectivity index (χ0n) is 14.2. The van der Waals surface area contributed by atoms with Gasteiger partial charge in [-0.1, -0.05) is 18.2 Å². The van der Waals surface area contributed by atoms with E-state index in [9.17, 15) is 0 Å². The normalized spacial score (nSPS) is 16.2. The van der Waals surface area contributed by atoms with Crippen molar-refractivity contribution in [2.75, 3.05) is 32.1 Å². The second-order valence-electron chi connectivity index (χ2n) is 6.13. The van der Waals surface area contributed by atoms with Crippen molar-refractivity contribution in [3.8, 4) is 5.75 Å². The fourth-order valence-corrected chi connectivity index (χ4v) is 3.38. The van der Waals surface area contributed by atoms with Crippen molar-refractivity contribution in [1.29, 1.82) is 0 Å². The van der Waals surface area contributed by atoms with Crippen LogP contribution in [-0.2, 0) is 0 Å². The molecule has 1 aromatic carbocycles. The summed E-state index contributed by atoms with van der Waals surface area (Å²) in [5.41, 5.74) is 1.83. The van der Waals surface area contributed by atoms with Gasteiger partial charge < -0.3 is 10.1 Å². The summed E-state index contributed by atoms with van der Waals surface area (Å²) in [7, 11) is 1.72. The summed E-state index contributed by atoms with van der Waals surface area (Å²) in [4.78, 5) is 2.50. The van der Waals surface area contributed by atoms with Crippen molar-refractivity contribution in [3.63, 3.8) is 0 Å². The maximum Gasteiger partial charge on any atom is 0.200 e. The molecule has 1 fully saturated rings. The molecule has 25 heavy (non-hydrogen) atoms. The van der Waals surface area contributed by atoms with Crippen molar-refractivity contribution in [2.24, 2.45) is 0 Å². The van der Waals surface area contributed by atoms with Gasteiger partial charge in [-0.25, -0.2) is 0 Å². The van der Waals surface area contributed by atoms with Crippen molar-refractivity contribution in [2.45, 2.75) is 18.9 Å². The summed E-state index contributed by atoms with van der Waals surface area (Å²) in [6.07, 6.45) is 2.47. The molecule has 0 bridgehead atoms. The van der Waals surface area contributed by atoms with Crippen LogP contribution in [-0.4, -0.2) is 56.9 Å². The lowest BCUT2D eigenvalue weighted by molar-refractivity contribution is 0.249. The molecule has 0 saturated carbocycles. The fourth-order valence-electron chi connectivity index (χ4n) is 3.38. The molecule has 1 unspecified atom stereocenters. The van der Waals surface area contributed by atoms with E-state index in [0.29, 0.717) is 5.65 Å². The van der Waals surface area contributed by atoms with Crippen molar-refractivity contribution in [3.05, 3.63) is 42.0 Å². The molecule has 1 saturated heterocycles. The Kier molecular flexibility index (Phi) is 4.43. The largest absolute Gasteiger partial charge is 0.496 e. The average molecular weight is 339 g/mol. The van der Waals surface area contributed by atoms with Gasteiger partial charge in [0.05, 0.1) is 13.2 Å². The Morgan fingerprint density at radius 2 is 2.00 bits per heavy atom. The van der Waals surface area contributed by atoms with Gasteiger partial charge in [0.25, 0.3) is 0 Å². The minimum atomic E-state index is 0.227. The van der Waals surface area contributed by atoms with Crippen molar-refractivity contribution in [1.82, 2.24) is 30.2 Å². The van der Waals surface area contributed by atoms with Gasteiger partial charge >= 0.3 is 0 Å². The van der Waals surface area contributed by atoms with Gasteiger partial charge in [-0.05, 0) is 54.6 Å². The minimum absolute atomic E-state index is 0.227. The molecule has 0 radical (unpaired) electrons. The number of aromatic nitrogens is 5. The van der Waals surface area contributed by atoms with E-state index in [4.69, 9.17) is 4.74 Å². The highest BCUT2D eigenvalue weighted by molar-refractivity contribution is 5.43. The molecule has 1 aliphatic rings. The zero-order chi connectivity index (χ0) is 17.1. The highest BCUT2D eigenvalue weighted by Crippen LogP contribution is 2.31. The molecule has 3 heterocycles. The molecule has 1 N–H and O–H groups in total. The topological polar surface area (TPSA) is 80.5 Å². The van der Waals surface area contributed by atoms with E-state index in [1.807, 2.05) is 24.3 Å². The summed E-state index contributed by atoms with van der Waals surface area (Å²) in [5.74, 6) is 1.67. The van der Waals surface area contributed by atoms with Crippen molar-refractivity contribution >= 4 is 11.5 Å². The zero-order valence-corrected chi connectivity index (χ0v) is 14.2. The third kappa shape index (κ3) is 3.25. The van der Waals surface area contributed by atoms with E-state index >= 15 is 0 Å². The number of ether oxygens (including phenoxy) is 1. The summed E-state index contributed by atoms with van der Waals surface area (Å²) in [5, 5.41) is 19.2. The van der Waals surface area contributed by atoms with Gasteiger partial charge in [0, 0.05) is 12.1 Å². The summed E-state index contributed by atoms with van der Waals surface area (Å²) in [6, 6.07) is 12.2. The molecule has 3 aromatic rings. The molecule has 130 valence electrons. The van der Waals surface area contributed by atoms with Gasteiger partial charge in [-0.2, -0.15) is 0 Å². The van der Waals surface area contributed by atoms with E-state index < -0.39 is 0 Å². The van der Waals surface area contributed by atoms with E-state index in [1.165, 1.54) is 23.0 Å². The standard InChI is InChI=1S/C17H21N7O/c1-25-15-7-3-2-6-13(15)14(23-10-4-5-11-23)12-18-16-8-9-17-19-21-22-24(17)20-16/h2-3,6-9,14H,4-5,10-12H2,1H3,(H,18,20). The Morgan fingerprint density at radius 3 is 2.84 bits per heavy atom. The molecule has 8 heteroatoms. The summed E-state index contributed by atoms with van der Waals surface area (Å²) in [6.45, 7) is 2.94. The third-order valence-corrected chi connectivity index (χ3v) is 4.63.